The van der Waals surface area contributed by atoms with Gasteiger partial charge in [0.05, 0.1) is 17.2 Å². The van der Waals surface area contributed by atoms with Gasteiger partial charge in [0.1, 0.15) is 24.2 Å². The fraction of sp³-hybridized carbons (Fsp3) is 0.333. The molecule has 1 atom stereocenters. The van der Waals surface area contributed by atoms with Gasteiger partial charge in [0.15, 0.2) is 0 Å². The Kier molecular flexibility index (Phi) is 12.0. The molecule has 12 heteroatoms. The van der Waals surface area contributed by atoms with Crippen LogP contribution in [0, 0.1) is 5.82 Å². The summed E-state index contributed by atoms with van der Waals surface area (Å²) in [4.78, 5) is 28.4. The van der Waals surface area contributed by atoms with E-state index in [2.05, 4.69) is 5.32 Å². The quantitative estimate of drug-likeness (QED) is 0.232. The summed E-state index contributed by atoms with van der Waals surface area (Å²) < 4.78 is 47.8. The van der Waals surface area contributed by atoms with Crippen molar-refractivity contribution in [3.05, 3.63) is 88.2 Å². The number of carbonyl (C=O) groups is 2. The van der Waals surface area contributed by atoms with Crippen LogP contribution in [-0.2, 0) is 26.2 Å². The molecule has 42 heavy (non-hydrogen) atoms. The molecule has 226 valence electrons. The molecule has 0 fully saturated rings. The highest BCUT2D eigenvalue weighted by molar-refractivity contribution is 7.92. The Morgan fingerprint density at radius 3 is 2.21 bits per heavy atom. The van der Waals surface area contributed by atoms with Crippen molar-refractivity contribution in [3.8, 4) is 5.75 Å². The molecule has 0 aliphatic heterocycles. The lowest BCUT2D eigenvalue weighted by molar-refractivity contribution is -0.140. The van der Waals surface area contributed by atoms with Crippen molar-refractivity contribution in [2.75, 3.05) is 24.0 Å². The number of anilines is 1. The van der Waals surface area contributed by atoms with Crippen LogP contribution >= 0.6 is 23.2 Å². The summed E-state index contributed by atoms with van der Waals surface area (Å²) in [7, 11) is -4.34. The number of rotatable bonds is 14. The maximum Gasteiger partial charge on any atom is 0.264 e. The second-order valence-corrected chi connectivity index (χ2v) is 12.1. The fourth-order valence-electron chi connectivity index (χ4n) is 4.26. The van der Waals surface area contributed by atoms with Gasteiger partial charge in [-0.3, -0.25) is 13.9 Å². The topological polar surface area (TPSA) is 96.0 Å². The van der Waals surface area contributed by atoms with E-state index in [-0.39, 0.29) is 29.5 Å². The second kappa shape index (κ2) is 15.2. The molecule has 0 aliphatic rings. The summed E-state index contributed by atoms with van der Waals surface area (Å²) in [5.74, 6) is -1.09. The number of nitrogens with zero attached hydrogens (tertiary/aromatic N) is 2. The molecule has 0 radical (unpaired) electrons. The number of nitrogens with one attached hydrogen (secondary N) is 1. The first kappa shape index (κ1) is 33.2. The van der Waals surface area contributed by atoms with E-state index in [9.17, 15) is 22.4 Å². The molecule has 2 amide bonds. The minimum atomic E-state index is -4.34. The van der Waals surface area contributed by atoms with E-state index >= 15 is 0 Å². The molecular formula is C30H34Cl2FN3O5S. The van der Waals surface area contributed by atoms with Crippen LogP contribution in [0.25, 0.3) is 0 Å². The largest absolute Gasteiger partial charge is 0.494 e. The molecule has 0 unspecified atom stereocenters. The predicted octanol–water partition coefficient (Wildman–Crippen LogP) is 6.06. The van der Waals surface area contributed by atoms with Crippen LogP contribution in [0.5, 0.6) is 5.75 Å². The van der Waals surface area contributed by atoms with Gasteiger partial charge in [0.2, 0.25) is 11.8 Å². The number of sulfonamides is 1. The molecule has 0 saturated carbocycles. The zero-order valence-electron chi connectivity index (χ0n) is 23.6. The Bertz CT molecular complexity index is 1470. The normalized spacial score (nSPS) is 12.0. The number of hydrogen-bond donors (Lipinski definition) is 1. The van der Waals surface area contributed by atoms with Gasteiger partial charge in [-0.15, -0.1) is 0 Å². The van der Waals surface area contributed by atoms with Gasteiger partial charge in [-0.25, -0.2) is 12.8 Å². The average molecular weight is 639 g/mol. The number of ether oxygens (including phenoxy) is 1. The first-order valence-corrected chi connectivity index (χ1v) is 15.7. The smallest absolute Gasteiger partial charge is 0.264 e. The highest BCUT2D eigenvalue weighted by atomic mass is 35.5. The number of carbonyl (C=O) groups excluding carboxylic acids is 2. The van der Waals surface area contributed by atoms with E-state index in [0.29, 0.717) is 40.9 Å². The molecule has 0 aliphatic carbocycles. The summed E-state index contributed by atoms with van der Waals surface area (Å²) in [6.45, 7) is 5.61. The van der Waals surface area contributed by atoms with Gasteiger partial charge in [-0.2, -0.15) is 0 Å². The SMILES string of the molecule is CCCNC(=O)[C@H](CC)N(Cc1ccc(Cl)cc1Cl)C(=O)CN(c1ccc(OCC)cc1)S(=O)(=O)c1ccc(F)cc1. The van der Waals surface area contributed by atoms with Crippen molar-refractivity contribution in [2.45, 2.75) is 51.1 Å². The zero-order valence-corrected chi connectivity index (χ0v) is 26.0. The lowest BCUT2D eigenvalue weighted by Gasteiger charge is -2.33. The molecule has 0 spiro atoms. The molecule has 0 bridgehead atoms. The van der Waals surface area contributed by atoms with Crippen molar-refractivity contribution in [1.82, 2.24) is 10.2 Å². The van der Waals surface area contributed by atoms with Crippen LogP contribution < -0.4 is 14.4 Å². The molecular weight excluding hydrogens is 604 g/mol. The van der Waals surface area contributed by atoms with E-state index < -0.39 is 34.3 Å². The third-order valence-electron chi connectivity index (χ3n) is 6.41. The van der Waals surface area contributed by atoms with Crippen LogP contribution in [0.2, 0.25) is 10.0 Å². The molecule has 3 aromatic carbocycles. The molecule has 0 aromatic heterocycles. The summed E-state index contributed by atoms with van der Waals surface area (Å²) in [5, 5.41) is 3.53. The van der Waals surface area contributed by atoms with E-state index in [1.54, 1.807) is 31.2 Å². The highest BCUT2D eigenvalue weighted by Crippen LogP contribution is 2.28. The molecule has 0 saturated heterocycles. The van der Waals surface area contributed by atoms with Gasteiger partial charge >= 0.3 is 0 Å². The minimum Gasteiger partial charge on any atom is -0.494 e. The maximum absolute atomic E-state index is 14.1. The average Bonchev–Trinajstić information content (AvgIpc) is 2.96. The third-order valence-corrected chi connectivity index (χ3v) is 8.78. The molecule has 3 aromatic rings. The van der Waals surface area contributed by atoms with Crippen LogP contribution in [-0.4, -0.2) is 50.9 Å². The van der Waals surface area contributed by atoms with Gasteiger partial charge in [-0.05, 0) is 86.0 Å². The first-order valence-electron chi connectivity index (χ1n) is 13.5. The van der Waals surface area contributed by atoms with E-state index in [1.165, 1.54) is 23.1 Å². The molecule has 1 N–H and O–H groups in total. The van der Waals surface area contributed by atoms with Crippen LogP contribution in [0.1, 0.15) is 39.2 Å². The lowest BCUT2D eigenvalue weighted by atomic mass is 10.1. The summed E-state index contributed by atoms with van der Waals surface area (Å²) in [5.41, 5.74) is 0.717. The number of hydrogen-bond acceptors (Lipinski definition) is 5. The number of halogens is 3. The van der Waals surface area contributed by atoms with Crippen molar-refractivity contribution < 1.29 is 27.1 Å². The summed E-state index contributed by atoms with van der Waals surface area (Å²) >= 11 is 12.5. The van der Waals surface area contributed by atoms with Crippen LogP contribution in [0.4, 0.5) is 10.1 Å². The monoisotopic (exact) mass is 637 g/mol. The van der Waals surface area contributed by atoms with Crippen LogP contribution in [0.15, 0.2) is 71.6 Å². The first-order chi connectivity index (χ1) is 20.0. The second-order valence-electron chi connectivity index (χ2n) is 9.36. The third kappa shape index (κ3) is 8.36. The Morgan fingerprint density at radius 2 is 1.64 bits per heavy atom. The summed E-state index contributed by atoms with van der Waals surface area (Å²) in [6, 6.07) is 14.5. The Morgan fingerprint density at radius 1 is 0.976 bits per heavy atom. The minimum absolute atomic E-state index is 0.0688. The van der Waals surface area contributed by atoms with Crippen molar-refractivity contribution in [1.29, 1.82) is 0 Å². The number of amides is 2. The summed E-state index contributed by atoms with van der Waals surface area (Å²) in [6.07, 6.45) is 0.959. The van der Waals surface area contributed by atoms with Gasteiger partial charge in [0, 0.05) is 23.1 Å². The van der Waals surface area contributed by atoms with Crippen molar-refractivity contribution in [3.63, 3.8) is 0 Å². The van der Waals surface area contributed by atoms with Crippen molar-refractivity contribution in [2.24, 2.45) is 0 Å². The zero-order chi connectivity index (χ0) is 30.9. The van der Waals surface area contributed by atoms with E-state index in [1.807, 2.05) is 13.8 Å². The predicted molar refractivity (Wildman–Crippen MR) is 163 cm³/mol. The Balaban J connectivity index is 2.07. The van der Waals surface area contributed by atoms with Crippen LogP contribution in [0.3, 0.4) is 0 Å². The Labute approximate surface area is 256 Å². The molecule has 0 heterocycles. The maximum atomic E-state index is 14.1. The highest BCUT2D eigenvalue weighted by Gasteiger charge is 2.34. The molecule has 3 rings (SSSR count). The lowest BCUT2D eigenvalue weighted by Crippen LogP contribution is -2.52. The van der Waals surface area contributed by atoms with Gasteiger partial charge in [0.25, 0.3) is 10.0 Å². The fourth-order valence-corrected chi connectivity index (χ4v) is 6.14. The Hall–Kier alpha value is -3.34. The van der Waals surface area contributed by atoms with E-state index in [0.717, 1.165) is 28.6 Å². The van der Waals surface area contributed by atoms with Gasteiger partial charge in [-0.1, -0.05) is 43.1 Å². The van der Waals surface area contributed by atoms with Crippen molar-refractivity contribution >= 4 is 50.7 Å². The number of benzene rings is 3. The standard InChI is InChI=1S/C30H34Cl2FN3O5S/c1-4-17-34-30(38)28(5-2)35(19-21-7-8-22(31)18-27(21)32)29(37)20-36(24-11-13-25(14-12-24)41-6-3)42(39,40)26-15-9-23(33)10-16-26/h7-16,18,28H,4-6,17,19-20H2,1-3H3,(H,34,38)/t28-/m0/s1. The molecule has 8 nitrogen and oxygen atoms in total. The van der Waals surface area contributed by atoms with E-state index in [4.69, 9.17) is 27.9 Å². The van der Waals surface area contributed by atoms with Gasteiger partial charge < -0.3 is 15.0 Å².